The lowest BCUT2D eigenvalue weighted by atomic mass is 9.86. The molecule has 1 aliphatic rings. The van der Waals surface area contributed by atoms with E-state index < -0.39 is 5.97 Å². The molecule has 1 aliphatic carbocycles. The minimum Gasteiger partial charge on any atom is -0.481 e. The molecule has 206 valence electrons. The van der Waals surface area contributed by atoms with E-state index in [1.54, 1.807) is 23.5 Å². The first kappa shape index (κ1) is 27.6. The van der Waals surface area contributed by atoms with Crippen LogP contribution in [0.4, 0.5) is 5.69 Å². The van der Waals surface area contributed by atoms with E-state index in [2.05, 4.69) is 79.2 Å². The molecule has 4 aromatic rings. The second kappa shape index (κ2) is 11.6. The summed E-state index contributed by atoms with van der Waals surface area (Å²) in [5, 5.41) is 18.2. The van der Waals surface area contributed by atoms with Crippen molar-refractivity contribution in [2.75, 3.05) is 11.9 Å². The summed E-state index contributed by atoms with van der Waals surface area (Å²) in [5.41, 5.74) is 9.08. The van der Waals surface area contributed by atoms with Crippen molar-refractivity contribution < 1.29 is 14.7 Å². The van der Waals surface area contributed by atoms with Crippen LogP contribution < -0.4 is 10.6 Å². The van der Waals surface area contributed by atoms with Crippen molar-refractivity contribution in [1.29, 1.82) is 0 Å². The molecule has 1 unspecified atom stereocenters. The zero-order chi connectivity index (χ0) is 28.3. The second-order valence-corrected chi connectivity index (χ2v) is 12.2. The molecule has 6 nitrogen and oxygen atoms in total. The molecule has 7 heteroatoms. The van der Waals surface area contributed by atoms with Gasteiger partial charge in [0.05, 0.1) is 12.1 Å². The van der Waals surface area contributed by atoms with E-state index in [0.29, 0.717) is 18.0 Å². The second-order valence-electron chi connectivity index (χ2n) is 11.4. The van der Waals surface area contributed by atoms with Crippen LogP contribution in [0.3, 0.4) is 0 Å². The van der Waals surface area contributed by atoms with Gasteiger partial charge < -0.3 is 15.7 Å². The van der Waals surface area contributed by atoms with E-state index >= 15 is 0 Å². The molecule has 0 bridgehead atoms. The third-order valence-electron chi connectivity index (χ3n) is 7.42. The van der Waals surface area contributed by atoms with Gasteiger partial charge in [-0.1, -0.05) is 63.2 Å². The number of hydrogen-bond donors (Lipinski definition) is 3. The van der Waals surface area contributed by atoms with Gasteiger partial charge >= 0.3 is 5.97 Å². The average molecular weight is 554 g/mol. The molecule has 0 saturated carbocycles. The number of aryl methyl sites for hydroxylation is 1. The summed E-state index contributed by atoms with van der Waals surface area (Å²) in [4.78, 5) is 27.8. The summed E-state index contributed by atoms with van der Waals surface area (Å²) >= 11 is 1.75. The first-order valence-electron chi connectivity index (χ1n) is 13.7. The van der Waals surface area contributed by atoms with E-state index in [-0.39, 0.29) is 24.3 Å². The molecule has 1 amide bonds. The first-order valence-corrected chi connectivity index (χ1v) is 14.6. The number of carboxylic acid groups (broad SMARTS) is 1. The Hall–Kier alpha value is -3.97. The highest BCUT2D eigenvalue weighted by atomic mass is 32.1. The zero-order valence-electron chi connectivity index (χ0n) is 23.2. The standard InChI is InChI=1S/C33H35N3O3S/c1-33(2,3)25-11-8-22(9-12-25)29-20-40-32(36-29)28-14-10-24-18-26(13-15-27(24)28)35-19-21-4-6-23(7-5-21)31(39)34-17-16-30(37)38/h4-9,11-13,15,18,20,28,35H,10,14,16-17,19H2,1-3H3,(H,34,39)(H,37,38). The van der Waals surface area contributed by atoms with Crippen molar-refractivity contribution in [2.24, 2.45) is 0 Å². The number of carbonyl (C=O) groups excluding carboxylic acids is 1. The Morgan fingerprint density at radius 1 is 1.02 bits per heavy atom. The van der Waals surface area contributed by atoms with Crippen LogP contribution in [0.15, 0.2) is 72.1 Å². The molecule has 0 spiro atoms. The normalized spacial score (nSPS) is 14.5. The van der Waals surface area contributed by atoms with Crippen molar-refractivity contribution in [1.82, 2.24) is 10.3 Å². The SMILES string of the molecule is CC(C)(C)c1ccc(-c2csc(C3CCc4cc(NCc5ccc(C(=O)NCCC(=O)O)cc5)ccc43)n2)cc1. The van der Waals surface area contributed by atoms with E-state index in [1.807, 2.05) is 12.1 Å². The van der Waals surface area contributed by atoms with Crippen LogP contribution in [-0.2, 0) is 23.2 Å². The number of nitrogens with one attached hydrogen (secondary N) is 2. The van der Waals surface area contributed by atoms with Gasteiger partial charge in [-0.3, -0.25) is 9.59 Å². The fraction of sp³-hybridized carbons (Fsp3) is 0.303. The number of nitrogens with zero attached hydrogens (tertiary/aromatic N) is 1. The Kier molecular flexibility index (Phi) is 8.03. The molecule has 0 saturated heterocycles. The third-order valence-corrected chi connectivity index (χ3v) is 8.38. The van der Waals surface area contributed by atoms with Crippen molar-refractivity contribution in [3.63, 3.8) is 0 Å². The van der Waals surface area contributed by atoms with Crippen LogP contribution in [0, 0.1) is 0 Å². The van der Waals surface area contributed by atoms with E-state index in [4.69, 9.17) is 10.1 Å². The fourth-order valence-corrected chi connectivity index (χ4v) is 6.05. The monoisotopic (exact) mass is 553 g/mol. The highest BCUT2D eigenvalue weighted by Gasteiger charge is 2.27. The van der Waals surface area contributed by atoms with E-state index in [1.165, 1.54) is 27.3 Å². The Morgan fingerprint density at radius 2 is 1.77 bits per heavy atom. The number of amides is 1. The van der Waals surface area contributed by atoms with Gasteiger partial charge in [0.1, 0.15) is 5.01 Å². The average Bonchev–Trinajstić information content (AvgIpc) is 3.59. The quantitative estimate of drug-likeness (QED) is 0.208. The minimum atomic E-state index is -0.932. The molecule has 1 atom stereocenters. The lowest BCUT2D eigenvalue weighted by Crippen LogP contribution is -2.25. The van der Waals surface area contributed by atoms with E-state index in [0.717, 1.165) is 29.8 Å². The summed E-state index contributed by atoms with van der Waals surface area (Å²) in [7, 11) is 0. The summed E-state index contributed by atoms with van der Waals surface area (Å²) in [5.74, 6) is -0.857. The Labute approximate surface area is 239 Å². The van der Waals surface area contributed by atoms with Gasteiger partial charge in [0, 0.05) is 41.2 Å². The molecular formula is C33H35N3O3S. The predicted molar refractivity (Wildman–Crippen MR) is 161 cm³/mol. The summed E-state index contributed by atoms with van der Waals surface area (Å²) in [6.45, 7) is 7.46. The number of aliphatic carboxylic acids is 1. The van der Waals surface area contributed by atoms with Gasteiger partial charge in [0.25, 0.3) is 5.91 Å². The number of fused-ring (bicyclic) bond motifs is 1. The Balaban J connectivity index is 1.19. The summed E-state index contributed by atoms with van der Waals surface area (Å²) in [6.07, 6.45) is 2.02. The lowest BCUT2D eigenvalue weighted by Gasteiger charge is -2.18. The van der Waals surface area contributed by atoms with Crippen molar-refractivity contribution in [3.8, 4) is 11.3 Å². The molecule has 3 aromatic carbocycles. The van der Waals surface area contributed by atoms with Crippen molar-refractivity contribution in [3.05, 3.63) is 105 Å². The molecule has 1 aromatic heterocycles. The zero-order valence-corrected chi connectivity index (χ0v) is 24.0. The number of carbonyl (C=O) groups is 2. The topological polar surface area (TPSA) is 91.3 Å². The maximum absolute atomic E-state index is 12.1. The molecule has 3 N–H and O–H groups in total. The number of hydrogen-bond acceptors (Lipinski definition) is 5. The van der Waals surface area contributed by atoms with Crippen molar-refractivity contribution >= 4 is 28.9 Å². The highest BCUT2D eigenvalue weighted by Crippen LogP contribution is 2.41. The molecule has 0 aliphatic heterocycles. The Bertz CT molecular complexity index is 1500. The number of aromatic nitrogens is 1. The van der Waals surface area contributed by atoms with Crippen LogP contribution in [0.2, 0.25) is 0 Å². The predicted octanol–water partition coefficient (Wildman–Crippen LogP) is 7.00. The van der Waals surface area contributed by atoms with Gasteiger partial charge in [0.2, 0.25) is 0 Å². The first-order chi connectivity index (χ1) is 19.2. The van der Waals surface area contributed by atoms with Gasteiger partial charge in [-0.2, -0.15) is 0 Å². The van der Waals surface area contributed by atoms with E-state index in [9.17, 15) is 9.59 Å². The molecule has 1 heterocycles. The maximum Gasteiger partial charge on any atom is 0.305 e. The Morgan fingerprint density at radius 3 is 2.48 bits per heavy atom. The molecule has 40 heavy (non-hydrogen) atoms. The van der Waals surface area contributed by atoms with Gasteiger partial charge in [-0.05, 0) is 64.8 Å². The number of thiazole rings is 1. The lowest BCUT2D eigenvalue weighted by molar-refractivity contribution is -0.136. The highest BCUT2D eigenvalue weighted by molar-refractivity contribution is 7.10. The van der Waals surface area contributed by atoms with Crippen LogP contribution in [0.25, 0.3) is 11.3 Å². The molecule has 0 fully saturated rings. The third kappa shape index (κ3) is 6.42. The summed E-state index contributed by atoms with van der Waals surface area (Å²) in [6, 6.07) is 22.8. The molecular weight excluding hydrogens is 518 g/mol. The van der Waals surface area contributed by atoms with Crippen LogP contribution in [-0.4, -0.2) is 28.5 Å². The van der Waals surface area contributed by atoms with Gasteiger partial charge in [-0.25, -0.2) is 4.98 Å². The largest absolute Gasteiger partial charge is 0.481 e. The molecule has 5 rings (SSSR count). The number of anilines is 1. The van der Waals surface area contributed by atoms with Crippen LogP contribution in [0.1, 0.15) is 77.2 Å². The summed E-state index contributed by atoms with van der Waals surface area (Å²) < 4.78 is 0. The maximum atomic E-state index is 12.1. The van der Waals surface area contributed by atoms with Gasteiger partial charge in [-0.15, -0.1) is 11.3 Å². The molecule has 0 radical (unpaired) electrons. The number of benzene rings is 3. The van der Waals surface area contributed by atoms with Gasteiger partial charge in [0.15, 0.2) is 0 Å². The number of rotatable bonds is 9. The van der Waals surface area contributed by atoms with Crippen LogP contribution >= 0.6 is 11.3 Å². The minimum absolute atomic E-state index is 0.0909. The number of carboxylic acids is 1. The smallest absolute Gasteiger partial charge is 0.305 e. The fourth-order valence-electron chi connectivity index (χ4n) is 5.07. The van der Waals surface area contributed by atoms with Crippen LogP contribution in [0.5, 0.6) is 0 Å². The van der Waals surface area contributed by atoms with Crippen molar-refractivity contribution in [2.45, 2.75) is 57.9 Å².